The Morgan fingerprint density at radius 2 is 1.97 bits per heavy atom. The minimum atomic E-state index is -0.506. The van der Waals surface area contributed by atoms with Gasteiger partial charge in [0.2, 0.25) is 5.91 Å². The zero-order valence-corrected chi connectivity index (χ0v) is 17.2. The third-order valence-electron chi connectivity index (χ3n) is 5.82. The van der Waals surface area contributed by atoms with E-state index in [1.54, 1.807) is 17.1 Å². The zero-order valence-electron chi connectivity index (χ0n) is 17.2. The number of aliphatic imine (C=N–C) groups is 1. The van der Waals surface area contributed by atoms with E-state index in [4.69, 9.17) is 4.74 Å². The first kappa shape index (κ1) is 19.9. The molecule has 3 unspecified atom stereocenters. The molecule has 4 aliphatic rings. The number of ether oxygens (including phenoxy) is 1. The number of nitrogens with one attached hydrogen (secondary N) is 1. The summed E-state index contributed by atoms with van der Waals surface area (Å²) in [6.07, 6.45) is 5.72. The van der Waals surface area contributed by atoms with Gasteiger partial charge in [-0.15, -0.1) is 0 Å². The lowest BCUT2D eigenvalue weighted by Crippen LogP contribution is -2.56. The number of piperidine rings is 1. The highest BCUT2D eigenvalue weighted by atomic mass is 16.6. The summed E-state index contributed by atoms with van der Waals surface area (Å²) in [5, 5.41) is 2.95. The molecule has 2 saturated heterocycles. The fraction of sp³-hybridized carbons (Fsp3) is 0.700. The molecule has 0 aliphatic carbocycles. The van der Waals surface area contributed by atoms with Gasteiger partial charge >= 0.3 is 6.09 Å². The average molecular weight is 403 g/mol. The van der Waals surface area contributed by atoms with E-state index in [0.717, 1.165) is 25.9 Å². The molecule has 0 radical (unpaired) electrons. The lowest BCUT2D eigenvalue weighted by molar-refractivity contribution is -0.135. The fourth-order valence-electron chi connectivity index (χ4n) is 4.56. The number of carbonyl (C=O) groups excluding carboxylic acids is 3. The van der Waals surface area contributed by atoms with Crippen molar-refractivity contribution in [2.24, 2.45) is 4.99 Å². The Labute approximate surface area is 170 Å². The maximum atomic E-state index is 12.5. The molecule has 0 spiro atoms. The molecule has 1 N–H and O–H groups in total. The summed E-state index contributed by atoms with van der Waals surface area (Å²) in [5.41, 5.74) is -0.506. The van der Waals surface area contributed by atoms with Crippen LogP contribution in [0.5, 0.6) is 0 Å². The van der Waals surface area contributed by atoms with Crippen LogP contribution in [0.4, 0.5) is 4.79 Å². The van der Waals surface area contributed by atoms with Gasteiger partial charge in [-0.3, -0.25) is 14.6 Å². The summed E-state index contributed by atoms with van der Waals surface area (Å²) in [6.45, 7) is 8.45. The van der Waals surface area contributed by atoms with Gasteiger partial charge in [-0.2, -0.15) is 0 Å². The summed E-state index contributed by atoms with van der Waals surface area (Å²) in [6, 6.07) is -0.116. The lowest BCUT2D eigenvalue weighted by atomic mass is 10.0. The molecule has 2 fully saturated rings. The second kappa shape index (κ2) is 7.44. The fourth-order valence-corrected chi connectivity index (χ4v) is 4.56. The number of rotatable bonds is 3. The first-order valence-electron chi connectivity index (χ1n) is 10.3. The predicted molar refractivity (Wildman–Crippen MR) is 106 cm³/mol. The smallest absolute Gasteiger partial charge is 0.407 e. The summed E-state index contributed by atoms with van der Waals surface area (Å²) >= 11 is 0. The SMILES string of the molecule is CC(C)(C)OC(=O)NC1CCN(CC2CN3C(=O)C=NC4C=CC(=O)N2C43)CC1. The Balaban J connectivity index is 1.32. The van der Waals surface area contributed by atoms with Gasteiger partial charge in [0.15, 0.2) is 0 Å². The molecule has 4 heterocycles. The Morgan fingerprint density at radius 1 is 1.24 bits per heavy atom. The third-order valence-corrected chi connectivity index (χ3v) is 5.82. The molecule has 3 amide bonds. The highest BCUT2D eigenvalue weighted by molar-refractivity contribution is 6.27. The highest BCUT2D eigenvalue weighted by Crippen LogP contribution is 2.31. The van der Waals surface area contributed by atoms with Crippen LogP contribution in [0.3, 0.4) is 0 Å². The Kier molecular flexibility index (Phi) is 5.10. The van der Waals surface area contributed by atoms with Crippen LogP contribution in [-0.4, -0.2) is 94.9 Å². The van der Waals surface area contributed by atoms with Crippen LogP contribution in [0.2, 0.25) is 0 Å². The lowest BCUT2D eigenvalue weighted by Gasteiger charge is -2.39. The van der Waals surface area contributed by atoms with E-state index in [1.165, 1.54) is 6.21 Å². The molecule has 4 aliphatic heterocycles. The average Bonchev–Trinajstić information content (AvgIpc) is 3.01. The first-order valence-corrected chi connectivity index (χ1v) is 10.3. The van der Waals surface area contributed by atoms with Crippen molar-refractivity contribution in [3.05, 3.63) is 12.2 Å². The molecular weight excluding hydrogens is 374 g/mol. The molecule has 4 rings (SSSR count). The summed E-state index contributed by atoms with van der Waals surface area (Å²) < 4.78 is 5.33. The molecule has 0 bridgehead atoms. The van der Waals surface area contributed by atoms with E-state index in [-0.39, 0.29) is 42.2 Å². The van der Waals surface area contributed by atoms with Crippen LogP contribution >= 0.6 is 0 Å². The molecule has 0 aromatic carbocycles. The van der Waals surface area contributed by atoms with E-state index >= 15 is 0 Å². The summed E-state index contributed by atoms with van der Waals surface area (Å²) in [7, 11) is 0. The van der Waals surface area contributed by atoms with Crippen molar-refractivity contribution in [1.29, 1.82) is 0 Å². The second-order valence-corrected chi connectivity index (χ2v) is 9.15. The number of likely N-dealkylation sites (tertiary alicyclic amines) is 1. The molecule has 3 atom stereocenters. The standard InChI is InChI=1S/C20H29N5O4/c1-20(2,3)29-19(28)22-13-6-8-23(9-7-13)11-14-12-24-17(27)10-21-15-4-5-16(26)25(14)18(15)24/h4-5,10,13-15,18H,6-9,11-12H2,1-3H3,(H,22,28). The van der Waals surface area contributed by atoms with E-state index < -0.39 is 5.60 Å². The van der Waals surface area contributed by atoms with E-state index in [0.29, 0.717) is 13.1 Å². The summed E-state index contributed by atoms with van der Waals surface area (Å²) in [4.78, 5) is 46.9. The van der Waals surface area contributed by atoms with Crippen molar-refractivity contribution in [1.82, 2.24) is 20.0 Å². The number of hydrogen-bond donors (Lipinski definition) is 1. The molecular formula is C20H29N5O4. The van der Waals surface area contributed by atoms with Crippen molar-refractivity contribution in [2.45, 2.75) is 63.5 Å². The van der Waals surface area contributed by atoms with Gasteiger partial charge in [-0.1, -0.05) is 6.08 Å². The largest absolute Gasteiger partial charge is 0.444 e. The van der Waals surface area contributed by atoms with Crippen LogP contribution in [0.15, 0.2) is 17.1 Å². The van der Waals surface area contributed by atoms with E-state index in [1.807, 2.05) is 25.7 Å². The Bertz CT molecular complexity index is 750. The van der Waals surface area contributed by atoms with Gasteiger partial charge in [0.25, 0.3) is 5.91 Å². The number of amides is 3. The van der Waals surface area contributed by atoms with Crippen LogP contribution < -0.4 is 5.32 Å². The van der Waals surface area contributed by atoms with Crippen molar-refractivity contribution >= 4 is 24.1 Å². The van der Waals surface area contributed by atoms with E-state index in [2.05, 4.69) is 15.2 Å². The minimum absolute atomic E-state index is 0.0408. The Morgan fingerprint density at radius 3 is 2.66 bits per heavy atom. The van der Waals surface area contributed by atoms with Gasteiger partial charge in [-0.05, 0) is 33.6 Å². The third kappa shape index (κ3) is 4.14. The zero-order chi connectivity index (χ0) is 20.8. The maximum Gasteiger partial charge on any atom is 0.407 e. The van der Waals surface area contributed by atoms with Crippen molar-refractivity contribution in [3.8, 4) is 0 Å². The van der Waals surface area contributed by atoms with Crippen molar-refractivity contribution in [3.63, 3.8) is 0 Å². The molecule has 0 saturated carbocycles. The van der Waals surface area contributed by atoms with Crippen molar-refractivity contribution in [2.75, 3.05) is 26.2 Å². The van der Waals surface area contributed by atoms with Gasteiger partial charge < -0.3 is 24.8 Å². The monoisotopic (exact) mass is 403 g/mol. The number of nitrogens with zero attached hydrogens (tertiary/aromatic N) is 4. The molecule has 158 valence electrons. The number of alkyl carbamates (subject to hydrolysis) is 1. The van der Waals surface area contributed by atoms with Crippen molar-refractivity contribution < 1.29 is 19.1 Å². The molecule has 9 heteroatoms. The summed E-state index contributed by atoms with van der Waals surface area (Å²) in [5.74, 6) is -0.174. The van der Waals surface area contributed by atoms with Crippen LogP contribution in [0.25, 0.3) is 0 Å². The number of carbonyl (C=O) groups is 3. The molecule has 29 heavy (non-hydrogen) atoms. The minimum Gasteiger partial charge on any atom is -0.444 e. The first-order chi connectivity index (χ1) is 13.7. The maximum absolute atomic E-state index is 12.5. The normalized spacial score (nSPS) is 30.0. The molecule has 0 aromatic rings. The molecule has 0 aromatic heterocycles. The van der Waals surface area contributed by atoms with Crippen LogP contribution in [0.1, 0.15) is 33.6 Å². The van der Waals surface area contributed by atoms with Gasteiger partial charge in [-0.25, -0.2) is 4.79 Å². The predicted octanol–water partition coefficient (Wildman–Crippen LogP) is 0.364. The number of hydrogen-bond acceptors (Lipinski definition) is 6. The topological polar surface area (TPSA) is 94.5 Å². The van der Waals surface area contributed by atoms with Gasteiger partial charge in [0.05, 0.1) is 12.3 Å². The van der Waals surface area contributed by atoms with Gasteiger partial charge in [0, 0.05) is 38.3 Å². The Hall–Kier alpha value is -2.42. The van der Waals surface area contributed by atoms with Crippen LogP contribution in [0, 0.1) is 0 Å². The molecule has 9 nitrogen and oxygen atoms in total. The quantitative estimate of drug-likeness (QED) is 0.735. The van der Waals surface area contributed by atoms with Gasteiger partial charge in [0.1, 0.15) is 17.8 Å². The van der Waals surface area contributed by atoms with E-state index in [9.17, 15) is 14.4 Å². The highest BCUT2D eigenvalue weighted by Gasteiger charge is 2.50. The second-order valence-electron chi connectivity index (χ2n) is 9.15. The van der Waals surface area contributed by atoms with Crippen LogP contribution in [-0.2, 0) is 14.3 Å².